The van der Waals surface area contributed by atoms with Gasteiger partial charge in [-0.15, -0.1) is 0 Å². The molecule has 0 saturated heterocycles. The summed E-state index contributed by atoms with van der Waals surface area (Å²) in [5.41, 5.74) is 0.494. The molecule has 0 bridgehead atoms. The van der Waals surface area contributed by atoms with Crippen LogP contribution in [0.15, 0.2) is 52.3 Å². The van der Waals surface area contributed by atoms with Gasteiger partial charge < -0.3 is 5.32 Å². The minimum absolute atomic E-state index is 0.0135. The van der Waals surface area contributed by atoms with E-state index in [1.54, 1.807) is 31.2 Å². The Morgan fingerprint density at radius 1 is 1.55 bits per heavy atom. The van der Waals surface area contributed by atoms with Crippen molar-refractivity contribution < 1.29 is 17.6 Å². The maximum atomic E-state index is 12.8. The molecule has 1 aromatic rings. The third-order valence-corrected chi connectivity index (χ3v) is 3.48. The van der Waals surface area contributed by atoms with E-state index in [0.717, 1.165) is 10.1 Å². The van der Waals surface area contributed by atoms with Gasteiger partial charge >= 0.3 is 5.84 Å². The summed E-state index contributed by atoms with van der Waals surface area (Å²) < 4.78 is 48.3. The van der Waals surface area contributed by atoms with Crippen molar-refractivity contribution in [2.45, 2.75) is 26.7 Å². The predicted molar refractivity (Wildman–Crippen MR) is 88.1 cm³/mol. The van der Waals surface area contributed by atoms with Crippen LogP contribution >= 0.6 is 11.6 Å². The molecular weight excluding hydrogens is 298 g/mol. The number of carbonyl (C=O) groups excluding carboxylic acids is 1. The summed E-state index contributed by atoms with van der Waals surface area (Å²) in [5, 5.41) is 3.28. The van der Waals surface area contributed by atoms with Crippen LogP contribution in [0.1, 0.15) is 34.0 Å². The Labute approximate surface area is 142 Å². The zero-order valence-corrected chi connectivity index (χ0v) is 12.5. The predicted octanol–water partition coefficient (Wildman–Crippen LogP) is 3.03. The number of benzene rings is 1. The number of hydrogen-bond donors (Lipinski definition) is 1. The summed E-state index contributed by atoms with van der Waals surface area (Å²) in [6, 6.07) is 6.39. The number of amidine groups is 1. The highest BCUT2D eigenvalue weighted by atomic mass is 35.5. The van der Waals surface area contributed by atoms with Gasteiger partial charge in [-0.05, 0) is 35.1 Å². The molecular formula is C17H17ClN3O+. The van der Waals surface area contributed by atoms with Crippen molar-refractivity contribution in [1.82, 2.24) is 5.32 Å². The van der Waals surface area contributed by atoms with Crippen LogP contribution in [0.2, 0.25) is 5.02 Å². The molecule has 1 aromatic carbocycles. The summed E-state index contributed by atoms with van der Waals surface area (Å²) in [7, 11) is 0. The molecule has 0 aliphatic carbocycles. The van der Waals surface area contributed by atoms with Crippen molar-refractivity contribution in [2.75, 3.05) is 0 Å². The van der Waals surface area contributed by atoms with Gasteiger partial charge in [0.1, 0.15) is 1.37 Å². The minimum atomic E-state index is -2.75. The molecule has 0 spiro atoms. The first-order chi connectivity index (χ1) is 13.0. The summed E-state index contributed by atoms with van der Waals surface area (Å²) in [6.45, 7) is -1.01. The van der Waals surface area contributed by atoms with E-state index in [4.69, 9.17) is 19.8 Å². The van der Waals surface area contributed by atoms with Gasteiger partial charge in [-0.25, -0.2) is 0 Å². The largest absolute Gasteiger partial charge is 0.345 e. The number of fused-ring (bicyclic) bond motifs is 1. The van der Waals surface area contributed by atoms with E-state index < -0.39 is 37.0 Å². The standard InChI is InChI=1S/C17H16ClN3O/c1-11-3-8-15-20-12(2)16(21(15)10-11)17(22)19-9-13-4-6-14(18)7-5-13/h3-7,10H,8-9H2,1-2H3/p+1/i1D3,3D,8D,10D. The third-order valence-electron chi connectivity index (χ3n) is 3.23. The van der Waals surface area contributed by atoms with Gasteiger partial charge in [0, 0.05) is 24.0 Å². The summed E-state index contributed by atoms with van der Waals surface area (Å²) in [5.74, 6) is -0.571. The molecule has 5 heteroatoms. The zero-order chi connectivity index (χ0) is 20.8. The van der Waals surface area contributed by atoms with Gasteiger partial charge in [-0.3, -0.25) is 4.79 Å². The topological polar surface area (TPSA) is 44.5 Å². The average Bonchev–Trinajstić information content (AvgIpc) is 2.96. The number of halogens is 1. The first-order valence-electron chi connectivity index (χ1n) is 9.69. The lowest BCUT2D eigenvalue weighted by Crippen LogP contribution is -2.32. The second kappa shape index (κ2) is 5.89. The number of carbonyl (C=O) groups is 1. The highest BCUT2D eigenvalue weighted by Crippen LogP contribution is 2.21. The monoisotopic (exact) mass is 320 g/mol. The molecule has 2 aliphatic rings. The van der Waals surface area contributed by atoms with Crippen LogP contribution in [-0.2, 0) is 11.3 Å². The molecule has 1 unspecified atom stereocenters. The first-order valence-corrected chi connectivity index (χ1v) is 6.99. The second-order valence-corrected chi connectivity index (χ2v) is 5.26. The third kappa shape index (κ3) is 2.88. The summed E-state index contributed by atoms with van der Waals surface area (Å²) in [4.78, 5) is 16.9. The van der Waals surface area contributed by atoms with E-state index >= 15 is 0 Å². The Balaban J connectivity index is 1.94. The van der Waals surface area contributed by atoms with Crippen molar-refractivity contribution in [1.29, 1.82) is 0 Å². The molecule has 0 saturated carbocycles. The Morgan fingerprint density at radius 2 is 2.32 bits per heavy atom. The van der Waals surface area contributed by atoms with Crippen molar-refractivity contribution >= 4 is 29.5 Å². The molecule has 112 valence electrons. The van der Waals surface area contributed by atoms with Gasteiger partial charge in [0.15, 0.2) is 0 Å². The summed E-state index contributed by atoms with van der Waals surface area (Å²) in [6.07, 6.45) is -1.92. The molecule has 4 nitrogen and oxygen atoms in total. The van der Waals surface area contributed by atoms with Crippen molar-refractivity contribution in [3.8, 4) is 0 Å². The van der Waals surface area contributed by atoms with Crippen LogP contribution in [0.4, 0.5) is 0 Å². The Kier molecular flexibility index (Phi) is 2.42. The number of aliphatic imine (C=N–C) groups is 1. The van der Waals surface area contributed by atoms with Gasteiger partial charge in [0.05, 0.1) is 14.0 Å². The van der Waals surface area contributed by atoms with Gasteiger partial charge in [-0.1, -0.05) is 29.8 Å². The lowest BCUT2D eigenvalue weighted by atomic mass is 10.2. The molecule has 2 heterocycles. The Bertz CT molecular complexity index is 976. The number of allylic oxidation sites excluding steroid dienone is 2. The normalized spacial score (nSPS) is 25.5. The van der Waals surface area contributed by atoms with Crippen molar-refractivity contribution in [3.63, 3.8) is 0 Å². The molecule has 22 heavy (non-hydrogen) atoms. The molecule has 0 fully saturated rings. The van der Waals surface area contributed by atoms with Crippen LogP contribution in [0.25, 0.3) is 0 Å². The van der Waals surface area contributed by atoms with Gasteiger partial charge in [0.2, 0.25) is 11.4 Å². The fourth-order valence-corrected chi connectivity index (χ4v) is 2.30. The van der Waals surface area contributed by atoms with Gasteiger partial charge in [0.25, 0.3) is 5.91 Å². The average molecular weight is 321 g/mol. The highest BCUT2D eigenvalue weighted by Gasteiger charge is 2.35. The van der Waals surface area contributed by atoms with E-state index in [2.05, 4.69) is 10.3 Å². The number of nitrogens with one attached hydrogen (secondary N) is 1. The first kappa shape index (κ1) is 9.06. The zero-order valence-electron chi connectivity index (χ0n) is 17.8. The SMILES string of the molecule is [2H]C1=C(C([2H])([2H])[2H])C([2H])=[N+]2C(=NC(C)=C2C(=O)NCc2ccc(Cl)cc2)C1[2H]. The number of nitrogens with zero attached hydrogens (tertiary/aromatic N) is 2. The van der Waals surface area contributed by atoms with E-state index in [1.807, 2.05) is 0 Å². The van der Waals surface area contributed by atoms with Crippen LogP contribution in [0, 0.1) is 0 Å². The smallest absolute Gasteiger partial charge is 0.308 e. The van der Waals surface area contributed by atoms with E-state index in [9.17, 15) is 4.79 Å². The maximum absolute atomic E-state index is 12.8. The lowest BCUT2D eigenvalue weighted by molar-refractivity contribution is -0.337. The van der Waals surface area contributed by atoms with Crippen LogP contribution < -0.4 is 5.32 Å². The molecule has 0 radical (unpaired) electrons. The molecule has 1 N–H and O–H groups in total. The quantitative estimate of drug-likeness (QED) is 0.855. The van der Waals surface area contributed by atoms with Crippen LogP contribution in [0.5, 0.6) is 0 Å². The van der Waals surface area contributed by atoms with E-state index in [1.165, 1.54) is 0 Å². The van der Waals surface area contributed by atoms with Crippen LogP contribution in [0.3, 0.4) is 0 Å². The Morgan fingerprint density at radius 3 is 3.05 bits per heavy atom. The number of rotatable bonds is 3. The van der Waals surface area contributed by atoms with Crippen molar-refractivity contribution in [3.05, 3.63) is 57.9 Å². The second-order valence-electron chi connectivity index (χ2n) is 4.82. The fourth-order valence-electron chi connectivity index (χ4n) is 2.18. The van der Waals surface area contributed by atoms with Gasteiger partial charge in [-0.2, -0.15) is 4.58 Å². The number of hydrogen-bond acceptors (Lipinski definition) is 2. The minimum Gasteiger partial charge on any atom is -0.345 e. The maximum Gasteiger partial charge on any atom is 0.308 e. The summed E-state index contributed by atoms with van der Waals surface area (Å²) >= 11 is 5.84. The Hall–Kier alpha value is -2.20. The molecule has 2 aliphatic heterocycles. The lowest BCUT2D eigenvalue weighted by Gasteiger charge is -2.09. The van der Waals surface area contributed by atoms with Crippen LogP contribution in [-0.4, -0.2) is 22.5 Å². The molecule has 1 atom stereocenters. The fraction of sp³-hybridized carbons (Fsp3) is 0.235. The van der Waals surface area contributed by atoms with Crippen molar-refractivity contribution in [2.24, 2.45) is 4.99 Å². The molecule has 3 rings (SSSR count). The van der Waals surface area contributed by atoms with E-state index in [-0.39, 0.29) is 23.8 Å². The molecule has 1 amide bonds. The van der Waals surface area contributed by atoms with E-state index in [0.29, 0.717) is 5.02 Å². The molecule has 0 aromatic heterocycles. The highest BCUT2D eigenvalue weighted by molar-refractivity contribution is 6.30. The number of amides is 1.